The maximum atomic E-state index is 12.4. The Balaban J connectivity index is 2.67. The first-order valence-corrected chi connectivity index (χ1v) is 6.98. The van der Waals surface area contributed by atoms with Gasteiger partial charge in [0.05, 0.1) is 6.54 Å². The van der Waals surface area contributed by atoms with Crippen molar-refractivity contribution in [2.45, 2.75) is 46.1 Å². The van der Waals surface area contributed by atoms with Gasteiger partial charge in [0.25, 0.3) is 5.91 Å². The summed E-state index contributed by atoms with van der Waals surface area (Å²) in [6, 6.07) is 9.55. The van der Waals surface area contributed by atoms with Crippen molar-refractivity contribution in [2.75, 3.05) is 6.54 Å². The fourth-order valence-corrected chi connectivity index (χ4v) is 1.73. The Bertz CT molecular complexity index is 439. The Morgan fingerprint density at radius 3 is 2.47 bits per heavy atom. The highest BCUT2D eigenvalue weighted by Crippen LogP contribution is 2.07. The third kappa shape index (κ3) is 5.18. The highest BCUT2D eigenvalue weighted by atomic mass is 16.2. The van der Waals surface area contributed by atoms with Gasteiger partial charge in [-0.2, -0.15) is 0 Å². The van der Waals surface area contributed by atoms with Crippen molar-refractivity contribution in [3.8, 4) is 11.8 Å². The molecule has 0 fully saturated rings. The van der Waals surface area contributed by atoms with Crippen LogP contribution >= 0.6 is 0 Å². The predicted molar refractivity (Wildman–Crippen MR) is 79.9 cm³/mol. The molecular weight excluding hydrogens is 234 g/mol. The summed E-state index contributed by atoms with van der Waals surface area (Å²) in [4.78, 5) is 14.2. The fraction of sp³-hybridized carbons (Fsp3) is 0.471. The topological polar surface area (TPSA) is 20.3 Å². The number of unbranched alkanes of at least 4 members (excludes halogenated alkanes) is 2. The average Bonchev–Trinajstić information content (AvgIpc) is 2.43. The quantitative estimate of drug-likeness (QED) is 0.581. The summed E-state index contributed by atoms with van der Waals surface area (Å²) in [5.41, 5.74) is 0.728. The summed E-state index contributed by atoms with van der Waals surface area (Å²) in [5, 5.41) is 0. The van der Waals surface area contributed by atoms with Crippen molar-refractivity contribution in [1.82, 2.24) is 4.90 Å². The molecule has 0 N–H and O–H groups in total. The second-order valence-corrected chi connectivity index (χ2v) is 4.85. The molecule has 102 valence electrons. The van der Waals surface area contributed by atoms with E-state index in [2.05, 4.69) is 18.8 Å². The molecule has 1 amide bonds. The number of rotatable bonds is 5. The lowest BCUT2D eigenvalue weighted by atomic mass is 10.1. The number of carbonyl (C=O) groups excluding carboxylic acids is 1. The Morgan fingerprint density at radius 2 is 1.89 bits per heavy atom. The molecule has 2 heteroatoms. The van der Waals surface area contributed by atoms with Crippen molar-refractivity contribution in [1.29, 1.82) is 0 Å². The number of hydrogen-bond acceptors (Lipinski definition) is 1. The van der Waals surface area contributed by atoms with Crippen LogP contribution < -0.4 is 0 Å². The molecule has 0 unspecified atom stereocenters. The standard InChI is InChI=1S/C17H23NO/c1-4-5-6-7-11-14-18(15(2)3)17(19)16-12-9-8-10-13-16/h8-10,12-13,15H,4-6,14H2,1-3H3. The Labute approximate surface area is 116 Å². The molecule has 0 heterocycles. The van der Waals surface area contributed by atoms with Gasteiger partial charge in [0.15, 0.2) is 0 Å². The highest BCUT2D eigenvalue weighted by molar-refractivity contribution is 5.94. The van der Waals surface area contributed by atoms with Gasteiger partial charge in [0.2, 0.25) is 0 Å². The molecule has 0 aromatic heterocycles. The maximum absolute atomic E-state index is 12.4. The molecule has 2 nitrogen and oxygen atoms in total. The van der Waals surface area contributed by atoms with E-state index in [0.717, 1.165) is 24.8 Å². The third-order valence-corrected chi connectivity index (χ3v) is 2.93. The smallest absolute Gasteiger partial charge is 0.254 e. The van der Waals surface area contributed by atoms with Crippen LogP contribution in [-0.4, -0.2) is 23.4 Å². The van der Waals surface area contributed by atoms with Crippen LogP contribution in [0.3, 0.4) is 0 Å². The number of benzene rings is 1. The van der Waals surface area contributed by atoms with Gasteiger partial charge >= 0.3 is 0 Å². The van der Waals surface area contributed by atoms with E-state index >= 15 is 0 Å². The molecule has 1 aromatic carbocycles. The predicted octanol–water partition coefficient (Wildman–Crippen LogP) is 3.73. The molecule has 0 atom stereocenters. The van der Waals surface area contributed by atoms with Crippen molar-refractivity contribution in [2.24, 2.45) is 0 Å². The van der Waals surface area contributed by atoms with Crippen LogP contribution in [-0.2, 0) is 0 Å². The minimum absolute atomic E-state index is 0.0559. The molecule has 1 rings (SSSR count). The fourth-order valence-electron chi connectivity index (χ4n) is 1.73. The Kier molecular flexibility index (Phi) is 6.74. The first kappa shape index (κ1) is 15.3. The minimum atomic E-state index is 0.0559. The van der Waals surface area contributed by atoms with E-state index in [9.17, 15) is 4.79 Å². The molecule has 0 radical (unpaired) electrons. The van der Waals surface area contributed by atoms with Crippen molar-refractivity contribution in [3.63, 3.8) is 0 Å². The number of amides is 1. The van der Waals surface area contributed by atoms with E-state index in [0.29, 0.717) is 6.54 Å². The summed E-state index contributed by atoms with van der Waals surface area (Å²) in [5.74, 6) is 6.30. The largest absolute Gasteiger partial charge is 0.325 e. The van der Waals surface area contributed by atoms with Crippen LogP contribution in [0, 0.1) is 11.8 Å². The van der Waals surface area contributed by atoms with E-state index < -0.39 is 0 Å². The van der Waals surface area contributed by atoms with Gasteiger partial charge < -0.3 is 4.90 Å². The Morgan fingerprint density at radius 1 is 1.21 bits per heavy atom. The third-order valence-electron chi connectivity index (χ3n) is 2.93. The van der Waals surface area contributed by atoms with Crippen LogP contribution in [0.25, 0.3) is 0 Å². The van der Waals surface area contributed by atoms with Gasteiger partial charge in [-0.1, -0.05) is 37.5 Å². The molecule has 0 aliphatic rings. The lowest BCUT2D eigenvalue weighted by Gasteiger charge is -2.24. The maximum Gasteiger partial charge on any atom is 0.254 e. The van der Waals surface area contributed by atoms with Gasteiger partial charge in [-0.3, -0.25) is 4.79 Å². The summed E-state index contributed by atoms with van der Waals surface area (Å²) >= 11 is 0. The number of carbonyl (C=O) groups is 1. The van der Waals surface area contributed by atoms with E-state index in [4.69, 9.17) is 0 Å². The summed E-state index contributed by atoms with van der Waals surface area (Å²) in [6.07, 6.45) is 3.20. The van der Waals surface area contributed by atoms with Gasteiger partial charge in [0.1, 0.15) is 0 Å². The van der Waals surface area contributed by atoms with Crippen LogP contribution in [0.1, 0.15) is 50.4 Å². The lowest BCUT2D eigenvalue weighted by Crippen LogP contribution is -2.37. The average molecular weight is 257 g/mol. The van der Waals surface area contributed by atoms with Gasteiger partial charge in [0, 0.05) is 18.0 Å². The highest BCUT2D eigenvalue weighted by Gasteiger charge is 2.17. The zero-order valence-corrected chi connectivity index (χ0v) is 12.1. The second kappa shape index (κ2) is 8.37. The molecule has 0 aliphatic carbocycles. The molecule has 0 saturated carbocycles. The van der Waals surface area contributed by atoms with Crippen LogP contribution in [0.4, 0.5) is 0 Å². The van der Waals surface area contributed by atoms with Gasteiger partial charge in [-0.05, 0) is 32.4 Å². The Hall–Kier alpha value is -1.75. The monoisotopic (exact) mass is 257 g/mol. The van der Waals surface area contributed by atoms with Crippen molar-refractivity contribution >= 4 is 5.91 Å². The molecule has 0 saturated heterocycles. The molecule has 19 heavy (non-hydrogen) atoms. The number of hydrogen-bond donors (Lipinski definition) is 0. The van der Waals surface area contributed by atoms with Crippen LogP contribution in [0.2, 0.25) is 0 Å². The van der Waals surface area contributed by atoms with E-state index in [1.807, 2.05) is 49.1 Å². The SMILES string of the molecule is CCCCC#CCN(C(=O)c1ccccc1)C(C)C. The van der Waals surface area contributed by atoms with Crippen LogP contribution in [0.5, 0.6) is 0 Å². The van der Waals surface area contributed by atoms with Gasteiger partial charge in [-0.25, -0.2) is 0 Å². The minimum Gasteiger partial charge on any atom is -0.325 e. The normalized spacial score (nSPS) is 9.89. The summed E-state index contributed by atoms with van der Waals surface area (Å²) in [7, 11) is 0. The zero-order chi connectivity index (χ0) is 14.1. The summed E-state index contributed by atoms with van der Waals surface area (Å²) in [6.45, 7) is 6.71. The van der Waals surface area contributed by atoms with E-state index in [1.165, 1.54) is 0 Å². The van der Waals surface area contributed by atoms with Crippen molar-refractivity contribution in [3.05, 3.63) is 35.9 Å². The van der Waals surface area contributed by atoms with E-state index in [-0.39, 0.29) is 11.9 Å². The molecule has 0 spiro atoms. The first-order chi connectivity index (χ1) is 9.16. The van der Waals surface area contributed by atoms with Crippen LogP contribution in [0.15, 0.2) is 30.3 Å². The van der Waals surface area contributed by atoms with Crippen molar-refractivity contribution < 1.29 is 4.79 Å². The molecule has 0 bridgehead atoms. The molecule has 0 aliphatic heterocycles. The first-order valence-electron chi connectivity index (χ1n) is 6.98. The lowest BCUT2D eigenvalue weighted by molar-refractivity contribution is 0.0732. The zero-order valence-electron chi connectivity index (χ0n) is 12.1. The van der Waals surface area contributed by atoms with Gasteiger partial charge in [-0.15, -0.1) is 5.92 Å². The number of nitrogens with zero attached hydrogens (tertiary/aromatic N) is 1. The molecular formula is C17H23NO. The second-order valence-electron chi connectivity index (χ2n) is 4.85. The van der Waals surface area contributed by atoms with E-state index in [1.54, 1.807) is 0 Å². The summed E-state index contributed by atoms with van der Waals surface area (Å²) < 4.78 is 0. The molecule has 1 aromatic rings.